The smallest absolute Gasteiger partial charge is 0.439 e. The number of azo groups is 1. The number of nitrogens with zero attached hydrogens (tertiary/aromatic N) is 3. The molecule has 2 unspecified atom stereocenters. The van der Waals surface area contributed by atoms with Crippen LogP contribution in [-0.4, -0.2) is 40.5 Å². The first kappa shape index (κ1) is 11.4. The number of hydrogen-bond donors (Lipinski definition) is 2. The Labute approximate surface area is 102 Å². The highest BCUT2D eigenvalue weighted by Gasteiger charge is 2.47. The number of benzene rings is 1. The van der Waals surface area contributed by atoms with E-state index in [-0.39, 0.29) is 28.9 Å². The first-order chi connectivity index (χ1) is 8.60. The van der Waals surface area contributed by atoms with Crippen LogP contribution in [0.2, 0.25) is 0 Å². The maximum Gasteiger partial charge on any atom is 0.439 e. The molecule has 0 spiro atoms. The molecule has 0 aliphatic carbocycles. The van der Waals surface area contributed by atoms with Crippen molar-refractivity contribution in [3.05, 3.63) is 29.5 Å². The van der Waals surface area contributed by atoms with Crippen molar-refractivity contribution in [1.82, 2.24) is 0 Å². The molecule has 2 heterocycles. The molecule has 2 atom stereocenters. The Balaban J connectivity index is 1.91. The van der Waals surface area contributed by atoms with Crippen LogP contribution in [-0.2, 0) is 9.47 Å². The summed E-state index contributed by atoms with van der Waals surface area (Å²) in [5.74, 6) is 0. The minimum Gasteiger partial charge on any atom is -0.594 e. The molecule has 96 valence electrons. The molecule has 2 aliphatic rings. The second-order valence-corrected chi connectivity index (χ2v) is 4.01. The number of anilines is 1. The fraction of sp³-hybridized carbons (Fsp3) is 0.400. The highest BCUT2D eigenvalue weighted by atomic mass is 16.7. The fourth-order valence-electron chi connectivity index (χ4n) is 1.64. The summed E-state index contributed by atoms with van der Waals surface area (Å²) >= 11 is 0. The van der Waals surface area contributed by atoms with Crippen LogP contribution < -0.4 is 5.06 Å². The van der Waals surface area contributed by atoms with Crippen molar-refractivity contribution >= 4 is 11.4 Å². The van der Waals surface area contributed by atoms with Crippen molar-refractivity contribution in [1.29, 1.82) is 0 Å². The van der Waals surface area contributed by atoms with Gasteiger partial charge in [-0.05, 0) is 10.9 Å². The zero-order chi connectivity index (χ0) is 12.8. The van der Waals surface area contributed by atoms with Crippen LogP contribution in [0, 0.1) is 5.21 Å². The van der Waals surface area contributed by atoms with E-state index in [2.05, 4.69) is 5.11 Å². The highest BCUT2D eigenvalue weighted by Crippen LogP contribution is 2.36. The first-order valence-corrected chi connectivity index (χ1v) is 5.36. The van der Waals surface area contributed by atoms with Gasteiger partial charge in [-0.25, -0.2) is 0 Å². The zero-order valence-electron chi connectivity index (χ0n) is 9.26. The van der Waals surface area contributed by atoms with Gasteiger partial charge in [0.05, 0.1) is 18.3 Å². The van der Waals surface area contributed by atoms with Gasteiger partial charge in [-0.1, -0.05) is 12.1 Å². The average molecular weight is 253 g/mol. The molecule has 0 saturated carbocycles. The van der Waals surface area contributed by atoms with E-state index in [1.165, 1.54) is 12.1 Å². The molecule has 0 amide bonds. The van der Waals surface area contributed by atoms with E-state index in [0.29, 0.717) is 11.7 Å². The normalized spacial score (nSPS) is 29.8. The number of hydroxylamine groups is 1. The predicted molar refractivity (Wildman–Crippen MR) is 57.1 cm³/mol. The minimum absolute atomic E-state index is 0.0348. The van der Waals surface area contributed by atoms with E-state index < -0.39 is 6.03 Å². The van der Waals surface area contributed by atoms with Crippen LogP contribution in [0.5, 0.6) is 0 Å². The Kier molecular flexibility index (Phi) is 2.45. The third-order valence-electron chi connectivity index (χ3n) is 2.68. The molecule has 2 aliphatic heterocycles. The van der Waals surface area contributed by atoms with Gasteiger partial charge in [0.15, 0.2) is 0 Å². The third kappa shape index (κ3) is 1.81. The molecule has 0 radical (unpaired) electrons. The lowest BCUT2D eigenvalue weighted by atomic mass is 10.2. The Morgan fingerprint density at radius 1 is 1.61 bits per heavy atom. The number of ether oxygens (including phenoxy) is 2. The molecule has 1 aromatic carbocycles. The van der Waals surface area contributed by atoms with E-state index in [4.69, 9.17) is 9.47 Å². The average Bonchev–Trinajstić information content (AvgIpc) is 3.18. The lowest BCUT2D eigenvalue weighted by Gasteiger charge is -2.32. The number of para-hydroxylation sites is 2. The van der Waals surface area contributed by atoms with E-state index in [9.17, 15) is 15.5 Å². The van der Waals surface area contributed by atoms with Crippen LogP contribution in [0.4, 0.5) is 11.4 Å². The summed E-state index contributed by atoms with van der Waals surface area (Å²) in [5.41, 5.74) is 0.234. The van der Waals surface area contributed by atoms with Crippen LogP contribution in [0.1, 0.15) is 0 Å². The van der Waals surface area contributed by atoms with Gasteiger partial charge in [-0.2, -0.15) is 5.06 Å². The predicted octanol–water partition coefficient (Wildman–Crippen LogP) is 0.509. The molecule has 8 heteroatoms. The number of aliphatic hydroxyl groups is 1. The van der Waals surface area contributed by atoms with Gasteiger partial charge in [0.2, 0.25) is 0 Å². The molecular weight excluding hydrogens is 242 g/mol. The minimum atomic E-state index is -2.43. The van der Waals surface area contributed by atoms with Gasteiger partial charge in [0.25, 0.3) is 5.69 Å². The molecule has 8 nitrogen and oxygen atoms in total. The summed E-state index contributed by atoms with van der Waals surface area (Å²) in [6.45, 7) is 0.562. The molecule has 1 aromatic rings. The Morgan fingerprint density at radius 3 is 3.06 bits per heavy atom. The quantitative estimate of drug-likeness (QED) is 0.352. The van der Waals surface area contributed by atoms with Crippen LogP contribution >= 0.6 is 0 Å². The summed E-state index contributed by atoms with van der Waals surface area (Å²) in [6.07, 6.45) is -0.130. The maximum absolute atomic E-state index is 11.6. The lowest BCUT2D eigenvalue weighted by Crippen LogP contribution is -2.51. The topological polar surface area (TPSA) is 104 Å². The second-order valence-electron chi connectivity index (χ2n) is 4.01. The van der Waals surface area contributed by atoms with Gasteiger partial charge in [0.1, 0.15) is 11.8 Å². The molecule has 3 rings (SSSR count). The molecule has 2 N–H and O–H groups in total. The van der Waals surface area contributed by atoms with Gasteiger partial charge < -0.3 is 19.8 Å². The van der Waals surface area contributed by atoms with Crippen LogP contribution in [0.15, 0.2) is 29.4 Å². The highest BCUT2D eigenvalue weighted by molar-refractivity contribution is 5.62. The lowest BCUT2D eigenvalue weighted by molar-refractivity contribution is -0.487. The molecule has 18 heavy (non-hydrogen) atoms. The summed E-state index contributed by atoms with van der Waals surface area (Å²) in [7, 11) is 0. The van der Waals surface area contributed by atoms with E-state index in [0.717, 1.165) is 0 Å². The van der Waals surface area contributed by atoms with Crippen molar-refractivity contribution in [3.63, 3.8) is 0 Å². The Morgan fingerprint density at radius 2 is 2.33 bits per heavy atom. The van der Waals surface area contributed by atoms with Crippen LogP contribution in [0.25, 0.3) is 0 Å². The Bertz CT molecular complexity index is 504. The van der Waals surface area contributed by atoms with E-state index in [1.54, 1.807) is 12.1 Å². The van der Waals surface area contributed by atoms with Crippen molar-refractivity contribution < 1.29 is 24.6 Å². The van der Waals surface area contributed by atoms with E-state index >= 15 is 0 Å². The Hall–Kier alpha value is -1.74. The number of fused-ring (bicyclic) bond motifs is 1. The third-order valence-corrected chi connectivity index (χ3v) is 2.68. The van der Waals surface area contributed by atoms with Crippen molar-refractivity contribution in [2.24, 2.45) is 5.11 Å². The molecule has 1 saturated heterocycles. The van der Waals surface area contributed by atoms with Gasteiger partial charge in [-0.3, -0.25) is 5.21 Å². The number of epoxide rings is 1. The standard InChI is InChI=1S/C10H11N3O5/c14-10(18-6-7-5-17-7)11-13(16)9-4-2-1-3-8(9)12(10)15/h1-4,7,14-15H,5-6H2. The van der Waals surface area contributed by atoms with Gasteiger partial charge in [0, 0.05) is 6.07 Å². The maximum atomic E-state index is 11.6. The monoisotopic (exact) mass is 253 g/mol. The van der Waals surface area contributed by atoms with Crippen molar-refractivity contribution in [2.75, 3.05) is 18.3 Å². The van der Waals surface area contributed by atoms with E-state index in [1.807, 2.05) is 0 Å². The number of hydrogen-bond acceptors (Lipinski definition) is 7. The fourth-order valence-corrected chi connectivity index (χ4v) is 1.64. The first-order valence-electron chi connectivity index (χ1n) is 5.36. The van der Waals surface area contributed by atoms with Crippen molar-refractivity contribution in [3.8, 4) is 0 Å². The summed E-state index contributed by atoms with van der Waals surface area (Å²) in [5, 5.41) is 35.3. The number of rotatable bonds is 3. The summed E-state index contributed by atoms with van der Waals surface area (Å²) in [4.78, 5) is 0.218. The van der Waals surface area contributed by atoms with Crippen molar-refractivity contribution in [2.45, 2.75) is 12.1 Å². The summed E-state index contributed by atoms with van der Waals surface area (Å²) in [6, 6.07) is 3.75. The van der Waals surface area contributed by atoms with Gasteiger partial charge in [-0.15, -0.1) is 0 Å². The largest absolute Gasteiger partial charge is 0.594 e. The zero-order valence-corrected chi connectivity index (χ0v) is 9.26. The van der Waals surface area contributed by atoms with Gasteiger partial charge >= 0.3 is 6.03 Å². The SMILES string of the molecule is [O-][N+]1=NC(O)(OCC2CO2)N(O)c2ccccc21. The molecule has 1 fully saturated rings. The van der Waals surface area contributed by atoms with Crippen LogP contribution in [0.3, 0.4) is 0 Å². The molecular formula is C10H11N3O5. The molecule has 0 aromatic heterocycles. The summed E-state index contributed by atoms with van der Waals surface area (Å²) < 4.78 is 9.94. The second kappa shape index (κ2) is 3.89. The molecule has 0 bridgehead atoms.